The van der Waals surface area contributed by atoms with E-state index in [9.17, 15) is 14.7 Å². The van der Waals surface area contributed by atoms with E-state index in [1.54, 1.807) is 36.2 Å². The molecule has 0 aliphatic heterocycles. The Labute approximate surface area is 125 Å². The second-order valence-electron chi connectivity index (χ2n) is 5.21. The van der Waals surface area contributed by atoms with Gasteiger partial charge in [-0.3, -0.25) is 4.79 Å². The van der Waals surface area contributed by atoms with Crippen LogP contribution in [-0.4, -0.2) is 67.7 Å². The second kappa shape index (κ2) is 8.26. The quantitative estimate of drug-likeness (QED) is 0.788. The zero-order chi connectivity index (χ0) is 15.8. The average molecular weight is 293 g/mol. The zero-order valence-electron chi connectivity index (χ0n) is 12.7. The summed E-state index contributed by atoms with van der Waals surface area (Å²) in [5, 5.41) is 12.0. The number of hydrogen-bond acceptors (Lipinski definition) is 3. The van der Waals surface area contributed by atoms with Gasteiger partial charge in [-0.1, -0.05) is 30.3 Å². The van der Waals surface area contributed by atoms with Gasteiger partial charge in [0.05, 0.1) is 5.92 Å². The topological polar surface area (TPSA) is 72.9 Å². The maximum atomic E-state index is 11.9. The smallest absolute Gasteiger partial charge is 0.317 e. The van der Waals surface area contributed by atoms with Crippen molar-refractivity contribution in [3.05, 3.63) is 35.9 Å². The maximum Gasteiger partial charge on any atom is 0.317 e. The highest BCUT2D eigenvalue weighted by atomic mass is 16.4. The monoisotopic (exact) mass is 293 g/mol. The number of nitrogens with one attached hydrogen (secondary N) is 1. The van der Waals surface area contributed by atoms with Crippen molar-refractivity contribution in [2.75, 3.05) is 40.8 Å². The number of rotatable bonds is 7. The van der Waals surface area contributed by atoms with E-state index in [-0.39, 0.29) is 12.6 Å². The number of carboxylic acids is 1. The lowest BCUT2D eigenvalue weighted by Gasteiger charge is -2.21. The third-order valence-electron chi connectivity index (χ3n) is 3.19. The van der Waals surface area contributed by atoms with Crippen molar-refractivity contribution in [2.45, 2.75) is 5.92 Å². The lowest BCUT2D eigenvalue weighted by molar-refractivity contribution is -0.138. The normalized spacial score (nSPS) is 12.0. The molecule has 1 aromatic rings. The summed E-state index contributed by atoms with van der Waals surface area (Å²) >= 11 is 0. The van der Waals surface area contributed by atoms with Gasteiger partial charge in [-0.15, -0.1) is 0 Å². The third-order valence-corrected chi connectivity index (χ3v) is 3.19. The van der Waals surface area contributed by atoms with Crippen LogP contribution in [0.25, 0.3) is 0 Å². The first-order chi connectivity index (χ1) is 9.91. The van der Waals surface area contributed by atoms with Crippen LogP contribution in [0, 0.1) is 0 Å². The highest BCUT2D eigenvalue weighted by Gasteiger charge is 2.21. The van der Waals surface area contributed by atoms with Gasteiger partial charge in [-0.25, -0.2) is 4.79 Å². The van der Waals surface area contributed by atoms with Gasteiger partial charge in [0, 0.05) is 26.7 Å². The van der Waals surface area contributed by atoms with E-state index < -0.39 is 11.9 Å². The number of likely N-dealkylation sites (N-methyl/N-ethyl adjacent to an activating group) is 2. The predicted molar refractivity (Wildman–Crippen MR) is 81.4 cm³/mol. The highest BCUT2D eigenvalue weighted by Crippen LogP contribution is 2.14. The van der Waals surface area contributed by atoms with Gasteiger partial charge in [0.1, 0.15) is 0 Å². The van der Waals surface area contributed by atoms with Crippen LogP contribution in [0.3, 0.4) is 0 Å². The number of benzene rings is 1. The molecule has 116 valence electrons. The van der Waals surface area contributed by atoms with Crippen LogP contribution in [0.15, 0.2) is 30.3 Å². The molecule has 0 fully saturated rings. The predicted octanol–water partition coefficient (Wildman–Crippen LogP) is 1.06. The van der Waals surface area contributed by atoms with E-state index in [2.05, 4.69) is 5.32 Å². The van der Waals surface area contributed by atoms with Gasteiger partial charge in [-0.2, -0.15) is 0 Å². The largest absolute Gasteiger partial charge is 0.481 e. The summed E-state index contributed by atoms with van der Waals surface area (Å²) in [5.74, 6) is -1.69. The fraction of sp³-hybridized carbons (Fsp3) is 0.467. The molecule has 0 saturated carbocycles. The van der Waals surface area contributed by atoms with Crippen molar-refractivity contribution in [3.8, 4) is 0 Å². The number of aliphatic carboxylic acids is 1. The molecule has 0 aliphatic rings. The SMILES string of the molecule is CN(C)CCN(C)C(=O)NCC(C(=O)O)c1ccccc1. The third kappa shape index (κ3) is 5.83. The fourth-order valence-electron chi connectivity index (χ4n) is 1.81. The second-order valence-corrected chi connectivity index (χ2v) is 5.21. The Morgan fingerprint density at radius 1 is 1.14 bits per heavy atom. The van der Waals surface area contributed by atoms with Crippen molar-refractivity contribution in [2.24, 2.45) is 0 Å². The molecule has 0 saturated heterocycles. The van der Waals surface area contributed by atoms with Gasteiger partial charge in [0.2, 0.25) is 0 Å². The molecule has 0 bridgehead atoms. The minimum atomic E-state index is -0.947. The molecule has 1 aromatic carbocycles. The molecule has 0 heterocycles. The van der Waals surface area contributed by atoms with Crippen LogP contribution in [0.1, 0.15) is 11.5 Å². The van der Waals surface area contributed by atoms with Crippen LogP contribution in [-0.2, 0) is 4.79 Å². The Hall–Kier alpha value is -2.08. The van der Waals surface area contributed by atoms with E-state index in [0.717, 1.165) is 6.54 Å². The van der Waals surface area contributed by atoms with Gasteiger partial charge in [0.25, 0.3) is 0 Å². The van der Waals surface area contributed by atoms with Gasteiger partial charge < -0.3 is 20.2 Å². The molecule has 21 heavy (non-hydrogen) atoms. The molecule has 0 aromatic heterocycles. The van der Waals surface area contributed by atoms with E-state index in [1.165, 1.54) is 0 Å². The van der Waals surface area contributed by atoms with Crippen molar-refractivity contribution in [3.63, 3.8) is 0 Å². The van der Waals surface area contributed by atoms with E-state index in [0.29, 0.717) is 12.1 Å². The minimum absolute atomic E-state index is 0.0739. The van der Waals surface area contributed by atoms with Crippen LogP contribution >= 0.6 is 0 Å². The van der Waals surface area contributed by atoms with Gasteiger partial charge in [0.15, 0.2) is 0 Å². The zero-order valence-corrected chi connectivity index (χ0v) is 12.7. The summed E-state index contributed by atoms with van der Waals surface area (Å²) in [5.41, 5.74) is 0.682. The van der Waals surface area contributed by atoms with Crippen molar-refractivity contribution >= 4 is 12.0 Å². The molecule has 6 nitrogen and oxygen atoms in total. The molecule has 2 N–H and O–H groups in total. The molecule has 1 unspecified atom stereocenters. The molecular formula is C15H23N3O3. The summed E-state index contributed by atoms with van der Waals surface area (Å²) in [6.07, 6.45) is 0. The van der Waals surface area contributed by atoms with Crippen LogP contribution in [0.5, 0.6) is 0 Å². The molecule has 1 rings (SSSR count). The molecule has 0 radical (unpaired) electrons. The van der Waals surface area contributed by atoms with Gasteiger partial charge in [-0.05, 0) is 19.7 Å². The molecule has 1 atom stereocenters. The van der Waals surface area contributed by atoms with Crippen LogP contribution in [0.2, 0.25) is 0 Å². The van der Waals surface area contributed by atoms with Crippen molar-refractivity contribution in [1.82, 2.24) is 15.1 Å². The molecule has 6 heteroatoms. The molecule has 2 amide bonds. The van der Waals surface area contributed by atoms with Gasteiger partial charge >= 0.3 is 12.0 Å². The van der Waals surface area contributed by atoms with Crippen molar-refractivity contribution < 1.29 is 14.7 Å². The standard InChI is InChI=1S/C15H23N3O3/c1-17(2)9-10-18(3)15(21)16-11-13(14(19)20)12-7-5-4-6-8-12/h4-8,13H,9-11H2,1-3H3,(H,16,21)(H,19,20). The fourth-order valence-corrected chi connectivity index (χ4v) is 1.81. The number of nitrogens with zero attached hydrogens (tertiary/aromatic N) is 2. The average Bonchev–Trinajstić information content (AvgIpc) is 2.45. The first-order valence-corrected chi connectivity index (χ1v) is 6.83. The minimum Gasteiger partial charge on any atom is -0.481 e. The summed E-state index contributed by atoms with van der Waals surface area (Å²) in [6.45, 7) is 1.41. The number of carbonyl (C=O) groups excluding carboxylic acids is 1. The first kappa shape index (κ1) is 17.0. The highest BCUT2D eigenvalue weighted by molar-refractivity contribution is 5.79. The molecular weight excluding hydrogens is 270 g/mol. The summed E-state index contributed by atoms with van der Waals surface area (Å²) in [6, 6.07) is 8.64. The lowest BCUT2D eigenvalue weighted by Crippen LogP contribution is -2.42. The summed E-state index contributed by atoms with van der Waals surface area (Å²) in [7, 11) is 5.56. The van der Waals surface area contributed by atoms with Crippen LogP contribution < -0.4 is 5.32 Å². The number of carboxylic acid groups (broad SMARTS) is 1. The molecule has 0 spiro atoms. The van der Waals surface area contributed by atoms with Crippen LogP contribution in [0.4, 0.5) is 4.79 Å². The Morgan fingerprint density at radius 3 is 2.29 bits per heavy atom. The maximum absolute atomic E-state index is 11.9. The number of urea groups is 1. The summed E-state index contributed by atoms with van der Waals surface area (Å²) in [4.78, 5) is 26.8. The number of hydrogen-bond donors (Lipinski definition) is 2. The van der Waals surface area contributed by atoms with E-state index in [4.69, 9.17) is 0 Å². The van der Waals surface area contributed by atoms with Crippen molar-refractivity contribution in [1.29, 1.82) is 0 Å². The Kier molecular flexibility index (Phi) is 6.68. The first-order valence-electron chi connectivity index (χ1n) is 6.83. The Bertz CT molecular complexity index is 462. The Balaban J connectivity index is 2.54. The number of amides is 2. The Morgan fingerprint density at radius 2 is 1.76 bits per heavy atom. The lowest BCUT2D eigenvalue weighted by atomic mass is 9.99. The summed E-state index contributed by atoms with van der Waals surface area (Å²) < 4.78 is 0. The number of carbonyl (C=O) groups is 2. The van der Waals surface area contributed by atoms with E-state index >= 15 is 0 Å². The molecule has 0 aliphatic carbocycles. The van der Waals surface area contributed by atoms with E-state index in [1.807, 2.05) is 25.1 Å².